The van der Waals surface area contributed by atoms with E-state index in [1.807, 2.05) is 0 Å². The van der Waals surface area contributed by atoms with Gasteiger partial charge >= 0.3 is 0 Å². The summed E-state index contributed by atoms with van der Waals surface area (Å²) in [5.41, 5.74) is 1.22. The van der Waals surface area contributed by atoms with E-state index in [4.69, 9.17) is 0 Å². The van der Waals surface area contributed by atoms with Crippen molar-refractivity contribution >= 4 is 39.2 Å². The number of aryl methyl sites for hydroxylation is 2. The summed E-state index contributed by atoms with van der Waals surface area (Å²) in [6.07, 6.45) is 8.40. The summed E-state index contributed by atoms with van der Waals surface area (Å²) in [5, 5.41) is 3.98. The van der Waals surface area contributed by atoms with Gasteiger partial charge in [-0.1, -0.05) is 6.92 Å². The van der Waals surface area contributed by atoms with Crippen LogP contribution in [0.25, 0.3) is 10.2 Å². The second-order valence-corrected chi connectivity index (χ2v) is 10.1. The van der Waals surface area contributed by atoms with Gasteiger partial charge in [0.25, 0.3) is 5.56 Å². The quantitative estimate of drug-likeness (QED) is 0.717. The first-order valence-electron chi connectivity index (χ1n) is 10.0. The fraction of sp³-hybridized carbons (Fsp3) is 0.650. The number of thioether (sulfide) groups is 1. The van der Waals surface area contributed by atoms with Crippen molar-refractivity contribution in [2.24, 2.45) is 5.92 Å². The number of aromatic nitrogens is 2. The predicted octanol–water partition coefficient (Wildman–Crippen LogP) is 3.79. The Morgan fingerprint density at radius 1 is 1.30 bits per heavy atom. The van der Waals surface area contributed by atoms with Gasteiger partial charge in [0.2, 0.25) is 5.91 Å². The lowest BCUT2D eigenvalue weighted by molar-refractivity contribution is -0.121. The monoisotopic (exact) mass is 405 g/mol. The molecule has 1 saturated carbocycles. The number of thiophene rings is 1. The van der Waals surface area contributed by atoms with Crippen molar-refractivity contribution in [3.05, 3.63) is 26.6 Å². The van der Waals surface area contributed by atoms with Gasteiger partial charge in [0.1, 0.15) is 10.7 Å². The molecular formula is C20H27N3O2S2. The Balaban J connectivity index is 1.26. The average molecular weight is 406 g/mol. The molecule has 5 nitrogen and oxygen atoms in total. The third kappa shape index (κ3) is 4.40. The van der Waals surface area contributed by atoms with Gasteiger partial charge in [-0.05, 0) is 56.4 Å². The van der Waals surface area contributed by atoms with E-state index in [-0.39, 0.29) is 11.5 Å². The first-order valence-corrected chi connectivity index (χ1v) is 12.0. The number of rotatable bonds is 6. The molecule has 1 fully saturated rings. The van der Waals surface area contributed by atoms with E-state index in [1.54, 1.807) is 23.1 Å². The van der Waals surface area contributed by atoms with Crippen LogP contribution in [0.2, 0.25) is 0 Å². The summed E-state index contributed by atoms with van der Waals surface area (Å²) in [5.74, 6) is 3.05. The highest BCUT2D eigenvalue weighted by atomic mass is 32.2. The van der Waals surface area contributed by atoms with E-state index in [9.17, 15) is 9.59 Å². The average Bonchev–Trinajstić information content (AvgIpc) is 3.21. The standard InChI is InChI=1S/C20H27N3O2S2/c1-12-5-7-13(8-6-12)21-17(24)9-10-26-11-16-22-19(25)18-14-3-2-4-15(14)27-20(18)23-16/h12-13H,2-11H2,1H3,(H,21,24)(H,22,23,25). The number of hydrogen-bond acceptors (Lipinski definition) is 5. The smallest absolute Gasteiger partial charge is 0.259 e. The Labute approximate surface area is 167 Å². The van der Waals surface area contributed by atoms with Crippen molar-refractivity contribution in [3.63, 3.8) is 0 Å². The van der Waals surface area contributed by atoms with E-state index in [0.717, 1.165) is 59.8 Å². The molecule has 27 heavy (non-hydrogen) atoms. The lowest BCUT2D eigenvalue weighted by Crippen LogP contribution is -2.37. The molecule has 7 heteroatoms. The first-order chi connectivity index (χ1) is 13.1. The molecule has 0 aromatic carbocycles. The Morgan fingerprint density at radius 2 is 2.11 bits per heavy atom. The van der Waals surface area contributed by atoms with Crippen LogP contribution in [0.5, 0.6) is 0 Å². The first kappa shape index (κ1) is 19.0. The van der Waals surface area contributed by atoms with Crippen LogP contribution in [0.1, 0.15) is 61.7 Å². The van der Waals surface area contributed by atoms with E-state index >= 15 is 0 Å². The topological polar surface area (TPSA) is 74.8 Å². The molecule has 2 heterocycles. The molecule has 0 saturated heterocycles. The molecule has 2 aromatic heterocycles. The molecule has 0 radical (unpaired) electrons. The van der Waals surface area contributed by atoms with Crippen LogP contribution < -0.4 is 10.9 Å². The highest BCUT2D eigenvalue weighted by Crippen LogP contribution is 2.34. The van der Waals surface area contributed by atoms with Crippen molar-refractivity contribution in [3.8, 4) is 0 Å². The van der Waals surface area contributed by atoms with Crippen molar-refractivity contribution in [2.45, 2.75) is 70.1 Å². The number of H-pyrrole nitrogens is 1. The van der Waals surface area contributed by atoms with Crippen LogP contribution in [0.15, 0.2) is 4.79 Å². The van der Waals surface area contributed by atoms with Crippen molar-refractivity contribution in [1.29, 1.82) is 0 Å². The molecule has 1 amide bonds. The van der Waals surface area contributed by atoms with E-state index < -0.39 is 0 Å². The van der Waals surface area contributed by atoms with Crippen LogP contribution in [0.4, 0.5) is 0 Å². The summed E-state index contributed by atoms with van der Waals surface area (Å²) in [6, 6.07) is 0.361. The van der Waals surface area contributed by atoms with Gasteiger partial charge in [0.15, 0.2) is 0 Å². The normalized spacial score (nSPS) is 22.1. The molecule has 4 rings (SSSR count). The number of fused-ring (bicyclic) bond motifs is 3. The van der Waals surface area contributed by atoms with Crippen molar-refractivity contribution in [2.75, 3.05) is 5.75 Å². The molecule has 0 atom stereocenters. The Kier molecular flexibility index (Phi) is 5.88. The Bertz CT molecular complexity index is 881. The molecule has 146 valence electrons. The molecule has 0 spiro atoms. The minimum absolute atomic E-state index is 0.000676. The number of hydrogen-bond donors (Lipinski definition) is 2. The van der Waals surface area contributed by atoms with E-state index in [1.165, 1.54) is 23.3 Å². The largest absolute Gasteiger partial charge is 0.353 e. The molecule has 2 N–H and O–H groups in total. The fourth-order valence-electron chi connectivity index (χ4n) is 4.15. The van der Waals surface area contributed by atoms with Gasteiger partial charge in [-0.3, -0.25) is 9.59 Å². The summed E-state index contributed by atoms with van der Waals surface area (Å²) in [6.45, 7) is 2.29. The SMILES string of the molecule is CC1CCC(NC(=O)CCSCc2nc3sc4c(c3c(=O)[nH]2)CCC4)CC1. The molecular weight excluding hydrogens is 378 g/mol. The van der Waals surface area contributed by atoms with Crippen LogP contribution >= 0.6 is 23.1 Å². The van der Waals surface area contributed by atoms with Gasteiger partial charge in [0, 0.05) is 23.1 Å². The molecule has 2 aromatic rings. The van der Waals surface area contributed by atoms with Crippen molar-refractivity contribution < 1.29 is 4.79 Å². The number of nitrogens with one attached hydrogen (secondary N) is 2. The summed E-state index contributed by atoms with van der Waals surface area (Å²) >= 11 is 3.33. The minimum Gasteiger partial charge on any atom is -0.353 e. The van der Waals surface area contributed by atoms with Gasteiger partial charge in [-0.2, -0.15) is 11.8 Å². The minimum atomic E-state index is -0.000676. The molecule has 2 aliphatic carbocycles. The van der Waals surface area contributed by atoms with Crippen molar-refractivity contribution in [1.82, 2.24) is 15.3 Å². The molecule has 0 aliphatic heterocycles. The molecule has 0 bridgehead atoms. The zero-order valence-electron chi connectivity index (χ0n) is 15.8. The van der Waals surface area contributed by atoms with Gasteiger partial charge in [0.05, 0.1) is 11.1 Å². The zero-order chi connectivity index (χ0) is 18.8. The van der Waals surface area contributed by atoms with Crippen LogP contribution in [0.3, 0.4) is 0 Å². The highest BCUT2D eigenvalue weighted by Gasteiger charge is 2.21. The Hall–Kier alpha value is -1.34. The van der Waals surface area contributed by atoms with Crippen LogP contribution in [0, 0.1) is 5.92 Å². The highest BCUT2D eigenvalue weighted by molar-refractivity contribution is 7.98. The van der Waals surface area contributed by atoms with Gasteiger partial charge in [-0.15, -0.1) is 11.3 Å². The zero-order valence-corrected chi connectivity index (χ0v) is 17.4. The lowest BCUT2D eigenvalue weighted by atomic mass is 9.87. The van der Waals surface area contributed by atoms with E-state index in [2.05, 4.69) is 22.2 Å². The fourth-order valence-corrected chi connectivity index (χ4v) is 6.24. The van der Waals surface area contributed by atoms with Gasteiger partial charge in [-0.25, -0.2) is 4.98 Å². The van der Waals surface area contributed by atoms with Crippen LogP contribution in [-0.2, 0) is 23.4 Å². The molecule has 2 aliphatic rings. The van der Waals surface area contributed by atoms with E-state index in [0.29, 0.717) is 18.2 Å². The third-order valence-electron chi connectivity index (χ3n) is 5.72. The number of carbonyl (C=O) groups is 1. The number of nitrogens with zero attached hydrogens (tertiary/aromatic N) is 1. The predicted molar refractivity (Wildman–Crippen MR) is 113 cm³/mol. The summed E-state index contributed by atoms with van der Waals surface area (Å²) in [4.78, 5) is 34.4. The maximum atomic E-state index is 12.4. The summed E-state index contributed by atoms with van der Waals surface area (Å²) < 4.78 is 0. The number of carbonyl (C=O) groups excluding carboxylic acids is 1. The second kappa shape index (κ2) is 8.35. The number of aromatic amines is 1. The second-order valence-electron chi connectivity index (χ2n) is 7.88. The third-order valence-corrected chi connectivity index (χ3v) is 7.87. The van der Waals surface area contributed by atoms with Crippen LogP contribution in [-0.4, -0.2) is 27.7 Å². The molecule has 0 unspecified atom stereocenters. The summed E-state index contributed by atoms with van der Waals surface area (Å²) in [7, 11) is 0. The van der Waals surface area contributed by atoms with Gasteiger partial charge < -0.3 is 10.3 Å². The maximum absolute atomic E-state index is 12.4. The maximum Gasteiger partial charge on any atom is 0.259 e. The lowest BCUT2D eigenvalue weighted by Gasteiger charge is -2.26. The Morgan fingerprint density at radius 3 is 2.93 bits per heavy atom. The number of amides is 1.